The van der Waals surface area contributed by atoms with Gasteiger partial charge in [0.25, 0.3) is 0 Å². The summed E-state index contributed by atoms with van der Waals surface area (Å²) in [5.41, 5.74) is -0.976. The molecule has 0 heterocycles. The fourth-order valence-electron chi connectivity index (χ4n) is 0.393. The highest BCUT2D eigenvalue weighted by Crippen LogP contribution is 1.92. The monoisotopic (exact) mass is 200 g/mol. The molecule has 0 aromatic heterocycles. The SMILES string of the molecule is CCS(=O)(=O)CCOC(=O)Cl. The van der Waals surface area contributed by atoms with Gasteiger partial charge in [0.05, 0.1) is 5.75 Å². The third-order valence-electron chi connectivity index (χ3n) is 1.05. The van der Waals surface area contributed by atoms with Crippen LogP contribution in [0.2, 0.25) is 0 Å². The second-order valence-corrected chi connectivity index (χ2v) is 4.60. The third kappa shape index (κ3) is 6.12. The maximum Gasteiger partial charge on any atom is 0.403 e. The Morgan fingerprint density at radius 1 is 1.55 bits per heavy atom. The minimum absolute atomic E-state index is 0.0484. The average Bonchev–Trinajstić information content (AvgIpc) is 1.87. The molecule has 0 amide bonds. The van der Waals surface area contributed by atoms with Crippen LogP contribution in [-0.4, -0.2) is 32.0 Å². The van der Waals surface area contributed by atoms with Gasteiger partial charge in [-0.25, -0.2) is 13.2 Å². The lowest BCUT2D eigenvalue weighted by Gasteiger charge is -1.99. The molecule has 0 atom stereocenters. The van der Waals surface area contributed by atoms with Crippen LogP contribution >= 0.6 is 11.6 Å². The molecule has 0 N–H and O–H groups in total. The molecule has 0 saturated heterocycles. The number of hydrogen-bond acceptors (Lipinski definition) is 4. The van der Waals surface area contributed by atoms with Crippen LogP contribution in [0, 0.1) is 0 Å². The van der Waals surface area contributed by atoms with Gasteiger partial charge in [0, 0.05) is 17.4 Å². The predicted molar refractivity (Wildman–Crippen MR) is 41.5 cm³/mol. The van der Waals surface area contributed by atoms with E-state index < -0.39 is 15.3 Å². The van der Waals surface area contributed by atoms with Gasteiger partial charge < -0.3 is 4.74 Å². The first-order valence-electron chi connectivity index (χ1n) is 3.00. The first kappa shape index (κ1) is 10.7. The summed E-state index contributed by atoms with van der Waals surface area (Å²) < 4.78 is 25.7. The maximum absolute atomic E-state index is 10.7. The molecule has 4 nitrogen and oxygen atoms in total. The van der Waals surface area contributed by atoms with Crippen molar-refractivity contribution >= 4 is 26.9 Å². The highest BCUT2D eigenvalue weighted by atomic mass is 35.5. The summed E-state index contributed by atoms with van der Waals surface area (Å²) in [5.74, 6) is -0.116. The largest absolute Gasteiger partial charge is 0.453 e. The van der Waals surface area contributed by atoms with Gasteiger partial charge in [0.2, 0.25) is 0 Å². The first-order chi connectivity index (χ1) is 4.98. The molecule has 0 aliphatic carbocycles. The summed E-state index contributed by atoms with van der Waals surface area (Å²) in [6.07, 6.45) is 0. The van der Waals surface area contributed by atoms with Gasteiger partial charge in [-0.1, -0.05) is 6.92 Å². The van der Waals surface area contributed by atoms with E-state index in [1.54, 1.807) is 0 Å². The molecule has 0 rings (SSSR count). The van der Waals surface area contributed by atoms with Gasteiger partial charge >= 0.3 is 5.43 Å². The van der Waals surface area contributed by atoms with E-state index in [4.69, 9.17) is 11.6 Å². The Balaban J connectivity index is 3.63. The molecule has 0 fully saturated rings. The smallest absolute Gasteiger partial charge is 0.403 e. The van der Waals surface area contributed by atoms with Crippen molar-refractivity contribution in [2.45, 2.75) is 6.92 Å². The molecule has 0 saturated carbocycles. The Morgan fingerprint density at radius 2 is 2.09 bits per heavy atom. The van der Waals surface area contributed by atoms with Crippen molar-refractivity contribution in [1.82, 2.24) is 0 Å². The van der Waals surface area contributed by atoms with Crippen molar-refractivity contribution in [1.29, 1.82) is 0 Å². The van der Waals surface area contributed by atoms with Crippen LogP contribution in [-0.2, 0) is 14.6 Å². The molecule has 0 radical (unpaired) electrons. The maximum atomic E-state index is 10.7. The Kier molecular flexibility index (Phi) is 4.44. The molecule has 0 spiro atoms. The zero-order valence-corrected chi connectivity index (χ0v) is 7.61. The molecule has 0 aromatic rings. The molecule has 6 heteroatoms. The van der Waals surface area contributed by atoms with Gasteiger partial charge in [-0.15, -0.1) is 0 Å². The van der Waals surface area contributed by atoms with E-state index in [2.05, 4.69) is 4.74 Å². The number of hydrogen-bond donors (Lipinski definition) is 0. The molecule has 0 aliphatic rings. The quantitative estimate of drug-likeness (QED) is 0.630. The Hall–Kier alpha value is -0.290. The minimum Gasteiger partial charge on any atom is -0.453 e. The van der Waals surface area contributed by atoms with E-state index in [1.165, 1.54) is 6.92 Å². The average molecular weight is 201 g/mol. The number of carbonyl (C=O) groups excluding carboxylic acids is 1. The van der Waals surface area contributed by atoms with Crippen LogP contribution in [0.15, 0.2) is 0 Å². The van der Waals surface area contributed by atoms with Crippen LogP contribution in [0.3, 0.4) is 0 Å². The third-order valence-corrected chi connectivity index (χ3v) is 2.83. The second kappa shape index (κ2) is 4.56. The molecule has 0 bridgehead atoms. The van der Waals surface area contributed by atoms with Crippen LogP contribution in [0.5, 0.6) is 0 Å². The molecular weight excluding hydrogens is 192 g/mol. The lowest BCUT2D eigenvalue weighted by Crippen LogP contribution is -2.14. The number of rotatable bonds is 4. The molecule has 66 valence electrons. The standard InChI is InChI=1S/C5H9ClO4S/c1-2-11(8,9)4-3-10-5(6)7/h2-4H2,1H3. The Labute approximate surface area is 70.4 Å². The zero-order chi connectivity index (χ0) is 8.91. The zero-order valence-electron chi connectivity index (χ0n) is 6.04. The predicted octanol–water partition coefficient (Wildman–Crippen LogP) is 0.797. The molecule has 0 aromatic carbocycles. The molecule has 0 unspecified atom stereocenters. The van der Waals surface area contributed by atoms with Crippen LogP contribution in [0.1, 0.15) is 6.92 Å². The number of sulfone groups is 1. The number of carbonyl (C=O) groups is 1. The van der Waals surface area contributed by atoms with Crippen molar-refractivity contribution in [3.05, 3.63) is 0 Å². The lowest BCUT2D eigenvalue weighted by atomic mass is 10.9. The van der Waals surface area contributed by atoms with E-state index >= 15 is 0 Å². The van der Waals surface area contributed by atoms with E-state index in [0.717, 1.165) is 0 Å². The number of ether oxygens (including phenoxy) is 1. The summed E-state index contributed by atoms with van der Waals surface area (Å²) in [4.78, 5) is 9.97. The van der Waals surface area contributed by atoms with Gasteiger partial charge in [-0.05, 0) is 0 Å². The van der Waals surface area contributed by atoms with Gasteiger partial charge in [0.15, 0.2) is 9.84 Å². The fourth-order valence-corrected chi connectivity index (χ4v) is 1.10. The number of halogens is 1. The second-order valence-electron chi connectivity index (χ2n) is 1.82. The molecular formula is C5H9ClO4S. The highest BCUT2D eigenvalue weighted by Gasteiger charge is 2.07. The van der Waals surface area contributed by atoms with Gasteiger partial charge in [-0.3, -0.25) is 0 Å². The summed E-state index contributed by atoms with van der Waals surface area (Å²) in [5, 5.41) is 0. The van der Waals surface area contributed by atoms with E-state index in [9.17, 15) is 13.2 Å². The fraction of sp³-hybridized carbons (Fsp3) is 0.800. The molecule has 0 aliphatic heterocycles. The molecule has 11 heavy (non-hydrogen) atoms. The Bertz CT molecular complexity index is 221. The highest BCUT2D eigenvalue weighted by molar-refractivity contribution is 7.91. The van der Waals surface area contributed by atoms with E-state index in [1.807, 2.05) is 0 Å². The van der Waals surface area contributed by atoms with Crippen LogP contribution in [0.4, 0.5) is 4.79 Å². The van der Waals surface area contributed by atoms with Crippen molar-refractivity contribution in [2.24, 2.45) is 0 Å². The van der Waals surface area contributed by atoms with Crippen LogP contribution in [0.25, 0.3) is 0 Å². The summed E-state index contributed by atoms with van der Waals surface area (Å²) in [6, 6.07) is 0. The Morgan fingerprint density at radius 3 is 2.45 bits per heavy atom. The van der Waals surface area contributed by atoms with Crippen molar-refractivity contribution < 1.29 is 17.9 Å². The normalized spacial score (nSPS) is 11.1. The van der Waals surface area contributed by atoms with Gasteiger partial charge in [0.1, 0.15) is 6.61 Å². The van der Waals surface area contributed by atoms with Crippen molar-refractivity contribution in [2.75, 3.05) is 18.1 Å². The van der Waals surface area contributed by atoms with E-state index in [0.29, 0.717) is 0 Å². The first-order valence-corrected chi connectivity index (χ1v) is 5.20. The summed E-state index contributed by atoms with van der Waals surface area (Å²) >= 11 is 4.79. The lowest BCUT2D eigenvalue weighted by molar-refractivity contribution is 0.180. The van der Waals surface area contributed by atoms with Crippen LogP contribution < -0.4 is 0 Å². The summed E-state index contributed by atoms with van der Waals surface area (Å²) in [7, 11) is -3.05. The van der Waals surface area contributed by atoms with Crippen molar-refractivity contribution in [3.63, 3.8) is 0 Å². The minimum atomic E-state index is -3.05. The summed E-state index contributed by atoms with van der Waals surface area (Å²) in [6.45, 7) is 1.36. The van der Waals surface area contributed by atoms with Gasteiger partial charge in [-0.2, -0.15) is 0 Å². The van der Waals surface area contributed by atoms with E-state index in [-0.39, 0.29) is 18.1 Å². The van der Waals surface area contributed by atoms with Crippen molar-refractivity contribution in [3.8, 4) is 0 Å². The topological polar surface area (TPSA) is 60.4 Å².